The van der Waals surface area contributed by atoms with Gasteiger partial charge in [-0.25, -0.2) is 0 Å². The van der Waals surface area contributed by atoms with Gasteiger partial charge in [-0.2, -0.15) is 0 Å². The molecule has 0 rings (SSSR count). The molecule has 7 heavy (non-hydrogen) atoms. The van der Waals surface area contributed by atoms with E-state index in [-0.39, 0.29) is 82.7 Å². The molecule has 0 unspecified atom stereocenters. The van der Waals surface area contributed by atoms with E-state index in [2.05, 4.69) is 0 Å². The molecule has 0 atom stereocenters. The van der Waals surface area contributed by atoms with Crippen molar-refractivity contribution in [3.05, 3.63) is 0 Å². The van der Waals surface area contributed by atoms with E-state index < -0.39 is 0 Å². The van der Waals surface area contributed by atoms with Gasteiger partial charge in [0.1, 0.15) is 0 Å². The van der Waals surface area contributed by atoms with Crippen molar-refractivity contribution in [3.63, 3.8) is 0 Å². The van der Waals surface area contributed by atoms with E-state index in [9.17, 15) is 0 Å². The SMILES string of the molecule is O.O.O.O.[AlH3].[Ti].[Ti]. The Labute approximate surface area is 82.2 Å². The van der Waals surface area contributed by atoms with Gasteiger partial charge in [-0.1, -0.05) is 0 Å². The van der Waals surface area contributed by atoms with E-state index in [0.717, 1.165) is 0 Å². The zero-order valence-corrected chi connectivity index (χ0v) is 6.12. The molecular weight excluding hydrogens is 187 g/mol. The molecule has 0 fully saturated rings. The van der Waals surface area contributed by atoms with Crippen LogP contribution in [-0.4, -0.2) is 39.3 Å². The standard InChI is InChI=1S/Al.4H2O.2Ti.3H/h;4*1H2;;;;;. The second kappa shape index (κ2) is 111. The first kappa shape index (κ1) is 165. The zero-order chi connectivity index (χ0) is 0. The van der Waals surface area contributed by atoms with Crippen LogP contribution >= 0.6 is 0 Å². The van der Waals surface area contributed by atoms with Crippen molar-refractivity contribution in [3.8, 4) is 0 Å². The summed E-state index contributed by atoms with van der Waals surface area (Å²) in [7, 11) is 0. The molecule has 0 spiro atoms. The largest absolute Gasteiger partial charge is 0.412 e. The molecule has 46 valence electrons. The molecule has 8 N–H and O–H groups in total. The molecule has 0 aromatic rings. The Kier molecular flexibility index (Phi) is 2620. The minimum atomic E-state index is 0. The van der Waals surface area contributed by atoms with Crippen molar-refractivity contribution in [1.29, 1.82) is 0 Å². The normalized spacial score (nSPS) is 0. The fourth-order valence-corrected chi connectivity index (χ4v) is 0. The van der Waals surface area contributed by atoms with Gasteiger partial charge in [0, 0.05) is 43.4 Å². The smallest absolute Gasteiger partial charge is 0.187 e. The quantitative estimate of drug-likeness (QED) is 0.347. The molecule has 0 bridgehead atoms. The van der Waals surface area contributed by atoms with Gasteiger partial charge >= 0.3 is 0 Å². The number of hydrogen-bond acceptors (Lipinski definition) is 0. The van der Waals surface area contributed by atoms with E-state index in [4.69, 9.17) is 0 Å². The summed E-state index contributed by atoms with van der Waals surface area (Å²) in [5, 5.41) is 0. The van der Waals surface area contributed by atoms with Gasteiger partial charge in [0.15, 0.2) is 17.4 Å². The van der Waals surface area contributed by atoms with Crippen LogP contribution in [0.5, 0.6) is 0 Å². The van der Waals surface area contributed by atoms with Crippen molar-refractivity contribution in [2.24, 2.45) is 0 Å². The summed E-state index contributed by atoms with van der Waals surface area (Å²) in [6, 6.07) is 0. The van der Waals surface area contributed by atoms with Crippen molar-refractivity contribution in [1.82, 2.24) is 0 Å². The van der Waals surface area contributed by atoms with Crippen LogP contribution in [-0.2, 0) is 43.4 Å². The summed E-state index contributed by atoms with van der Waals surface area (Å²) in [6.07, 6.45) is 0. The molecule has 0 aliphatic carbocycles. The van der Waals surface area contributed by atoms with Gasteiger partial charge in [-0.3, -0.25) is 0 Å². The molecule has 4 nitrogen and oxygen atoms in total. The summed E-state index contributed by atoms with van der Waals surface area (Å²) in [4.78, 5) is 0. The zero-order valence-electron chi connectivity index (χ0n) is 3.00. The molecule has 0 aliphatic heterocycles. The summed E-state index contributed by atoms with van der Waals surface area (Å²) in [5.41, 5.74) is 0. The maximum atomic E-state index is 0. The Bertz CT molecular complexity index is 9.65. The van der Waals surface area contributed by atoms with Gasteiger partial charge < -0.3 is 21.9 Å². The Morgan fingerprint density at radius 2 is 0.429 bits per heavy atom. The monoisotopic (exact) mass is 198 g/mol. The fraction of sp³-hybridized carbons (Fsp3) is 0. The predicted octanol–water partition coefficient (Wildman–Crippen LogP) is -4.49. The maximum Gasteiger partial charge on any atom is 0.187 e. The second-order valence-electron chi connectivity index (χ2n) is 0. The Morgan fingerprint density at radius 1 is 0.429 bits per heavy atom. The third-order valence-electron chi connectivity index (χ3n) is 0. The Hall–Kier alpha value is 1.80. The van der Waals surface area contributed by atoms with Crippen molar-refractivity contribution >= 4 is 17.4 Å². The van der Waals surface area contributed by atoms with Crippen molar-refractivity contribution in [2.75, 3.05) is 0 Å². The topological polar surface area (TPSA) is 126 Å². The number of rotatable bonds is 0. The third kappa shape index (κ3) is 80.9. The molecule has 0 saturated heterocycles. The van der Waals surface area contributed by atoms with Crippen LogP contribution in [0.4, 0.5) is 0 Å². The van der Waals surface area contributed by atoms with Crippen LogP contribution in [0, 0.1) is 0 Å². The van der Waals surface area contributed by atoms with Crippen LogP contribution in [0.1, 0.15) is 0 Å². The summed E-state index contributed by atoms with van der Waals surface area (Å²) < 4.78 is 0. The average molecular weight is 198 g/mol. The van der Waals surface area contributed by atoms with E-state index >= 15 is 0 Å². The average Bonchev–Trinajstić information content (AvgIpc) is 0. The van der Waals surface area contributed by atoms with Crippen LogP contribution in [0.25, 0.3) is 0 Å². The third-order valence-corrected chi connectivity index (χ3v) is 0. The van der Waals surface area contributed by atoms with Gasteiger partial charge in [0.2, 0.25) is 0 Å². The number of hydrogen-bond donors (Lipinski definition) is 0. The maximum absolute atomic E-state index is 0. The summed E-state index contributed by atoms with van der Waals surface area (Å²) in [6.45, 7) is 0. The van der Waals surface area contributed by atoms with E-state index in [1.165, 1.54) is 0 Å². The second-order valence-corrected chi connectivity index (χ2v) is 0. The van der Waals surface area contributed by atoms with Crippen molar-refractivity contribution in [2.45, 2.75) is 0 Å². The van der Waals surface area contributed by atoms with Crippen LogP contribution < -0.4 is 0 Å². The molecule has 7 heteroatoms. The predicted molar refractivity (Wildman–Crippen MR) is 24.4 cm³/mol. The molecule has 0 aliphatic rings. The first-order chi connectivity index (χ1) is 0. The fourth-order valence-electron chi connectivity index (χ4n) is 0. The van der Waals surface area contributed by atoms with Crippen LogP contribution in [0.3, 0.4) is 0 Å². The van der Waals surface area contributed by atoms with E-state index in [1.807, 2.05) is 0 Å². The molecular formula is H11AlO4Ti2. The molecule has 0 heterocycles. The first-order valence-electron chi connectivity index (χ1n) is 0. The van der Waals surface area contributed by atoms with Gasteiger partial charge in [-0.05, 0) is 0 Å². The summed E-state index contributed by atoms with van der Waals surface area (Å²) >= 11 is 0. The summed E-state index contributed by atoms with van der Waals surface area (Å²) in [5.74, 6) is 0. The molecule has 0 radical (unpaired) electrons. The molecule has 0 aromatic heterocycles. The van der Waals surface area contributed by atoms with Gasteiger partial charge in [0.25, 0.3) is 0 Å². The molecule has 0 saturated carbocycles. The minimum absolute atomic E-state index is 0. The van der Waals surface area contributed by atoms with Gasteiger partial charge in [0.05, 0.1) is 0 Å². The Balaban J connectivity index is 0. The van der Waals surface area contributed by atoms with Crippen LogP contribution in [0.2, 0.25) is 0 Å². The van der Waals surface area contributed by atoms with Gasteiger partial charge in [-0.15, -0.1) is 0 Å². The minimum Gasteiger partial charge on any atom is -0.412 e. The van der Waals surface area contributed by atoms with E-state index in [1.54, 1.807) is 0 Å². The molecule has 0 amide bonds. The van der Waals surface area contributed by atoms with Crippen LogP contribution in [0.15, 0.2) is 0 Å². The Morgan fingerprint density at radius 3 is 0.429 bits per heavy atom. The van der Waals surface area contributed by atoms with Crippen molar-refractivity contribution < 1.29 is 65.3 Å². The first-order valence-corrected chi connectivity index (χ1v) is 0. The van der Waals surface area contributed by atoms with E-state index in [0.29, 0.717) is 0 Å². The molecule has 0 aromatic carbocycles.